The lowest BCUT2D eigenvalue weighted by atomic mass is 10.2. The molecule has 42 heavy (non-hydrogen) atoms. The van der Waals surface area contributed by atoms with Gasteiger partial charge in [-0.25, -0.2) is 0 Å². The van der Waals surface area contributed by atoms with Crippen molar-refractivity contribution in [2.75, 3.05) is 27.3 Å². The van der Waals surface area contributed by atoms with Gasteiger partial charge in [-0.05, 0) is 64.0 Å². The van der Waals surface area contributed by atoms with Crippen LogP contribution in [0.5, 0.6) is 23.5 Å². The topological polar surface area (TPSA) is 134 Å². The molecule has 2 N–H and O–H groups in total. The Labute approximate surface area is 247 Å². The molecule has 3 aromatic rings. The number of Topliss-reactive ketones (excluding diaryl/α,β-unsaturated/α-hetero) is 2. The van der Waals surface area contributed by atoms with Crippen LogP contribution in [0.15, 0.2) is 42.5 Å². The fourth-order valence-corrected chi connectivity index (χ4v) is 4.04. The van der Waals surface area contributed by atoms with Crippen LogP contribution in [0.4, 0.5) is 0 Å². The molecule has 11 nitrogen and oxygen atoms in total. The zero-order valence-electron chi connectivity index (χ0n) is 24.9. The quantitative estimate of drug-likeness (QED) is 0.188. The minimum absolute atomic E-state index is 0.191. The van der Waals surface area contributed by atoms with Crippen LogP contribution in [0.25, 0.3) is 0 Å². The van der Waals surface area contributed by atoms with Crippen LogP contribution < -0.4 is 29.6 Å². The molecular formula is C31H41N5O6. The summed E-state index contributed by atoms with van der Waals surface area (Å²) in [6.07, 6.45) is 2.73. The van der Waals surface area contributed by atoms with Crippen molar-refractivity contribution in [2.24, 2.45) is 0 Å². The fraction of sp³-hybridized carbons (Fsp3) is 0.452. The predicted octanol–water partition coefficient (Wildman–Crippen LogP) is 3.96. The first-order chi connectivity index (χ1) is 20.4. The highest BCUT2D eigenvalue weighted by Gasteiger charge is 2.10. The molecule has 0 aliphatic carbocycles. The highest BCUT2D eigenvalue weighted by Crippen LogP contribution is 2.22. The molecule has 0 aliphatic heterocycles. The average Bonchev–Trinajstić information content (AvgIpc) is 2.99. The predicted molar refractivity (Wildman–Crippen MR) is 158 cm³/mol. The summed E-state index contributed by atoms with van der Waals surface area (Å²) in [4.78, 5) is 35.7. The number of nitrogens with one attached hydrogen (secondary N) is 2. The first-order valence-electron chi connectivity index (χ1n) is 14.1. The number of aromatic nitrogens is 3. The largest absolute Gasteiger partial charge is 0.481 e. The molecule has 0 radical (unpaired) electrons. The summed E-state index contributed by atoms with van der Waals surface area (Å²) in [5.74, 6) is 2.22. The van der Waals surface area contributed by atoms with E-state index in [4.69, 9.17) is 18.9 Å². The van der Waals surface area contributed by atoms with Crippen LogP contribution in [-0.4, -0.2) is 53.8 Å². The van der Waals surface area contributed by atoms with E-state index < -0.39 is 0 Å². The molecule has 11 heteroatoms. The van der Waals surface area contributed by atoms with Crippen LogP contribution in [-0.2, 0) is 35.9 Å². The van der Waals surface area contributed by atoms with E-state index in [1.807, 2.05) is 30.3 Å². The van der Waals surface area contributed by atoms with Gasteiger partial charge in [0.2, 0.25) is 23.5 Å². The second-order valence-electron chi connectivity index (χ2n) is 9.80. The van der Waals surface area contributed by atoms with Gasteiger partial charge in [0, 0.05) is 49.2 Å². The molecular weight excluding hydrogens is 538 g/mol. The molecule has 0 saturated heterocycles. The Morgan fingerprint density at radius 1 is 0.667 bits per heavy atom. The zero-order valence-corrected chi connectivity index (χ0v) is 24.9. The molecule has 0 atom stereocenters. The van der Waals surface area contributed by atoms with Gasteiger partial charge < -0.3 is 39.2 Å². The summed E-state index contributed by atoms with van der Waals surface area (Å²) in [5.41, 5.74) is 3.27. The first kappa shape index (κ1) is 32.4. The molecule has 0 aromatic carbocycles. The van der Waals surface area contributed by atoms with E-state index in [1.165, 1.54) is 0 Å². The monoisotopic (exact) mass is 579 g/mol. The Hall–Kier alpha value is -4.09. The van der Waals surface area contributed by atoms with Gasteiger partial charge in [-0.2, -0.15) is 9.97 Å². The van der Waals surface area contributed by atoms with Crippen LogP contribution in [0.3, 0.4) is 0 Å². The standard InChI is InChI=1S/C31H41N5O6/c1-22(37)8-6-16-32-18-24-12-14-28(35-30(24)39-3)41-20-26-10-5-11-27(34-26)21-42-29-15-13-25(31(36-29)40-4)19-33-17-7-9-23(2)38/h5,10-15,32-33H,6-9,16-21H2,1-4H3. The van der Waals surface area contributed by atoms with E-state index >= 15 is 0 Å². The molecule has 3 rings (SSSR count). The summed E-state index contributed by atoms with van der Waals surface area (Å²) in [7, 11) is 3.15. The number of pyridine rings is 3. The fourth-order valence-electron chi connectivity index (χ4n) is 4.04. The first-order valence-corrected chi connectivity index (χ1v) is 14.1. The maximum atomic E-state index is 11.1. The molecule has 0 unspecified atom stereocenters. The summed E-state index contributed by atoms with van der Waals surface area (Å²) < 4.78 is 22.6. The Balaban J connectivity index is 1.49. The molecule has 0 saturated carbocycles. The lowest BCUT2D eigenvalue weighted by molar-refractivity contribution is -0.117. The van der Waals surface area contributed by atoms with E-state index in [0.29, 0.717) is 49.5 Å². The number of rotatable bonds is 20. The van der Waals surface area contributed by atoms with Crippen LogP contribution in [0.2, 0.25) is 0 Å². The smallest absolute Gasteiger partial charge is 0.220 e. The second-order valence-corrected chi connectivity index (χ2v) is 9.80. The van der Waals surface area contributed by atoms with Crippen molar-refractivity contribution in [1.29, 1.82) is 0 Å². The molecule has 0 bridgehead atoms. The van der Waals surface area contributed by atoms with Crippen LogP contribution in [0, 0.1) is 0 Å². The number of hydrogen-bond acceptors (Lipinski definition) is 11. The SMILES string of the molecule is COc1nc(OCc2cccc(COc3ccc(CNCCCC(C)=O)c(OC)n3)n2)ccc1CNCCCC(C)=O. The van der Waals surface area contributed by atoms with Crippen molar-refractivity contribution in [3.63, 3.8) is 0 Å². The number of carbonyl (C=O) groups excluding carboxylic acids is 2. The number of hydrogen-bond donors (Lipinski definition) is 2. The normalized spacial score (nSPS) is 10.8. The van der Waals surface area contributed by atoms with Gasteiger partial charge in [-0.3, -0.25) is 4.98 Å². The van der Waals surface area contributed by atoms with E-state index in [-0.39, 0.29) is 24.8 Å². The van der Waals surface area contributed by atoms with E-state index in [2.05, 4.69) is 25.6 Å². The molecule has 0 fully saturated rings. The molecule has 3 aromatic heterocycles. The van der Waals surface area contributed by atoms with Crippen molar-refractivity contribution >= 4 is 11.6 Å². The number of carbonyl (C=O) groups is 2. The number of ether oxygens (including phenoxy) is 4. The lowest BCUT2D eigenvalue weighted by Crippen LogP contribution is -2.16. The third-order valence-electron chi connectivity index (χ3n) is 6.21. The molecule has 3 heterocycles. The van der Waals surface area contributed by atoms with E-state index in [9.17, 15) is 9.59 Å². The molecule has 0 spiro atoms. The van der Waals surface area contributed by atoms with Gasteiger partial charge in [-0.15, -0.1) is 0 Å². The van der Waals surface area contributed by atoms with Gasteiger partial charge in [0.05, 0.1) is 25.6 Å². The summed E-state index contributed by atoms with van der Waals surface area (Å²) in [6, 6.07) is 13.1. The average molecular weight is 580 g/mol. The van der Waals surface area contributed by atoms with Gasteiger partial charge >= 0.3 is 0 Å². The maximum absolute atomic E-state index is 11.1. The van der Waals surface area contributed by atoms with E-state index in [1.54, 1.807) is 40.2 Å². The summed E-state index contributed by atoms with van der Waals surface area (Å²) in [5, 5.41) is 6.61. The van der Waals surface area contributed by atoms with Crippen molar-refractivity contribution in [2.45, 2.75) is 65.8 Å². The second kappa shape index (κ2) is 17.7. The number of nitrogens with zero attached hydrogens (tertiary/aromatic N) is 3. The zero-order chi connectivity index (χ0) is 30.2. The molecule has 0 amide bonds. The molecule has 0 aliphatic rings. The van der Waals surface area contributed by atoms with Gasteiger partial charge in [0.25, 0.3) is 0 Å². The third kappa shape index (κ3) is 11.4. The third-order valence-corrected chi connectivity index (χ3v) is 6.21. The van der Waals surface area contributed by atoms with Crippen LogP contribution in [0.1, 0.15) is 62.0 Å². The van der Waals surface area contributed by atoms with Crippen molar-refractivity contribution in [3.05, 3.63) is 65.0 Å². The van der Waals surface area contributed by atoms with Crippen molar-refractivity contribution < 1.29 is 28.5 Å². The van der Waals surface area contributed by atoms with E-state index in [0.717, 1.165) is 48.4 Å². The maximum Gasteiger partial charge on any atom is 0.220 e. The van der Waals surface area contributed by atoms with Gasteiger partial charge in [0.1, 0.15) is 24.8 Å². The Morgan fingerprint density at radius 3 is 1.52 bits per heavy atom. The summed E-state index contributed by atoms with van der Waals surface area (Å²) >= 11 is 0. The lowest BCUT2D eigenvalue weighted by Gasteiger charge is -2.12. The summed E-state index contributed by atoms with van der Waals surface area (Å²) in [6.45, 7) is 6.30. The van der Waals surface area contributed by atoms with Crippen molar-refractivity contribution in [3.8, 4) is 23.5 Å². The Bertz CT molecular complexity index is 1210. The Morgan fingerprint density at radius 2 is 1.12 bits per heavy atom. The highest BCUT2D eigenvalue weighted by molar-refractivity contribution is 5.75. The Kier molecular flexibility index (Phi) is 13.6. The highest BCUT2D eigenvalue weighted by atomic mass is 16.5. The van der Waals surface area contributed by atoms with Crippen LogP contribution >= 0.6 is 0 Å². The number of methoxy groups -OCH3 is 2. The van der Waals surface area contributed by atoms with Gasteiger partial charge in [0.15, 0.2) is 0 Å². The number of ketones is 2. The minimum atomic E-state index is 0.191. The van der Waals surface area contributed by atoms with Gasteiger partial charge in [-0.1, -0.05) is 6.07 Å². The molecule has 226 valence electrons. The van der Waals surface area contributed by atoms with Crippen molar-refractivity contribution in [1.82, 2.24) is 25.6 Å². The minimum Gasteiger partial charge on any atom is -0.481 e.